The fraction of sp³-hybridized carbons (Fsp3) is 0.944. The molecule has 0 aromatic carbocycles. The lowest BCUT2D eigenvalue weighted by Gasteiger charge is -2.47. The quantitative estimate of drug-likeness (QED) is 0.570. The van der Waals surface area contributed by atoms with Crippen LogP contribution < -0.4 is 0 Å². The van der Waals surface area contributed by atoms with Gasteiger partial charge in [-0.25, -0.2) is 0 Å². The van der Waals surface area contributed by atoms with Crippen LogP contribution in [0.1, 0.15) is 77.0 Å². The number of carbonyl (C=O) groups excluding carboxylic acids is 1. The van der Waals surface area contributed by atoms with Crippen molar-refractivity contribution in [2.24, 2.45) is 11.3 Å². The number of rotatable bonds is 3. The Kier molecular flexibility index (Phi) is 4.80. The highest BCUT2D eigenvalue weighted by molar-refractivity contribution is 5.59. The lowest BCUT2D eigenvalue weighted by molar-refractivity contribution is -0.119. The van der Waals surface area contributed by atoms with Crippen LogP contribution in [0.3, 0.4) is 0 Å². The van der Waals surface area contributed by atoms with Crippen LogP contribution in [0.4, 0.5) is 0 Å². The van der Waals surface area contributed by atoms with Gasteiger partial charge in [0.25, 0.3) is 0 Å². The number of nitrogens with zero attached hydrogens (tertiary/aromatic N) is 1. The van der Waals surface area contributed by atoms with Gasteiger partial charge in [0.1, 0.15) is 6.29 Å². The first-order valence-electron chi connectivity index (χ1n) is 9.03. The highest BCUT2D eigenvalue weighted by atomic mass is 16.1. The van der Waals surface area contributed by atoms with Crippen LogP contribution in [0.25, 0.3) is 0 Å². The van der Waals surface area contributed by atoms with Crippen LogP contribution in [0.2, 0.25) is 0 Å². The van der Waals surface area contributed by atoms with E-state index in [1.165, 1.54) is 77.0 Å². The molecule has 3 rings (SSSR count). The molecule has 0 aromatic heterocycles. The van der Waals surface area contributed by atoms with Crippen LogP contribution in [0.5, 0.6) is 0 Å². The van der Waals surface area contributed by atoms with Crippen LogP contribution in [-0.4, -0.2) is 30.3 Å². The van der Waals surface area contributed by atoms with E-state index < -0.39 is 0 Å². The number of piperidine rings is 1. The van der Waals surface area contributed by atoms with Crippen molar-refractivity contribution in [3.63, 3.8) is 0 Å². The van der Waals surface area contributed by atoms with Crippen molar-refractivity contribution in [1.82, 2.24) is 4.90 Å². The topological polar surface area (TPSA) is 20.3 Å². The van der Waals surface area contributed by atoms with Gasteiger partial charge in [-0.1, -0.05) is 38.5 Å². The fourth-order valence-electron chi connectivity index (χ4n) is 5.07. The Balaban J connectivity index is 1.68. The molecule has 2 saturated carbocycles. The molecular formula is C18H31NO. The van der Waals surface area contributed by atoms with Gasteiger partial charge in [-0.2, -0.15) is 0 Å². The van der Waals surface area contributed by atoms with Crippen molar-refractivity contribution in [3.05, 3.63) is 0 Å². The van der Waals surface area contributed by atoms with Gasteiger partial charge in [-0.15, -0.1) is 0 Å². The van der Waals surface area contributed by atoms with E-state index >= 15 is 0 Å². The van der Waals surface area contributed by atoms with E-state index in [9.17, 15) is 4.79 Å². The summed E-state index contributed by atoms with van der Waals surface area (Å²) in [4.78, 5) is 14.6. The average molecular weight is 277 g/mol. The third-order valence-electron chi connectivity index (χ3n) is 6.23. The molecule has 0 unspecified atom stereocenters. The van der Waals surface area contributed by atoms with E-state index in [4.69, 9.17) is 0 Å². The summed E-state index contributed by atoms with van der Waals surface area (Å²) in [6.07, 6.45) is 17.3. The second-order valence-electron chi connectivity index (χ2n) is 7.62. The van der Waals surface area contributed by atoms with E-state index in [2.05, 4.69) is 4.90 Å². The summed E-state index contributed by atoms with van der Waals surface area (Å²) in [5.41, 5.74) is -0.00413. The molecule has 2 heteroatoms. The highest BCUT2D eigenvalue weighted by Crippen LogP contribution is 2.40. The Labute approximate surface area is 124 Å². The smallest absolute Gasteiger partial charge is 0.127 e. The molecule has 0 N–H and O–H groups in total. The molecule has 1 heterocycles. The predicted molar refractivity (Wildman–Crippen MR) is 82.8 cm³/mol. The van der Waals surface area contributed by atoms with Crippen LogP contribution in [0.15, 0.2) is 0 Å². The molecule has 2 nitrogen and oxygen atoms in total. The first-order chi connectivity index (χ1) is 9.83. The molecule has 2 atom stereocenters. The van der Waals surface area contributed by atoms with Gasteiger partial charge in [0.05, 0.1) is 0 Å². The maximum atomic E-state index is 11.8. The van der Waals surface area contributed by atoms with E-state index in [-0.39, 0.29) is 5.41 Å². The maximum absolute atomic E-state index is 11.8. The number of likely N-dealkylation sites (tertiary alicyclic amines) is 1. The van der Waals surface area contributed by atoms with Crippen molar-refractivity contribution >= 4 is 6.29 Å². The third-order valence-corrected chi connectivity index (χ3v) is 6.23. The Morgan fingerprint density at radius 1 is 0.900 bits per heavy atom. The summed E-state index contributed by atoms with van der Waals surface area (Å²) in [7, 11) is 0. The molecule has 3 aliphatic rings. The number of fused-ring (bicyclic) bond motifs is 1. The van der Waals surface area contributed by atoms with E-state index in [0.717, 1.165) is 31.3 Å². The van der Waals surface area contributed by atoms with Crippen LogP contribution >= 0.6 is 0 Å². The van der Waals surface area contributed by atoms with Crippen molar-refractivity contribution < 1.29 is 4.79 Å². The molecule has 20 heavy (non-hydrogen) atoms. The Bertz CT molecular complexity index is 317. The van der Waals surface area contributed by atoms with Crippen molar-refractivity contribution in [2.75, 3.05) is 13.1 Å². The van der Waals surface area contributed by atoms with Gasteiger partial charge in [-0.05, 0) is 51.0 Å². The van der Waals surface area contributed by atoms with Gasteiger partial charge in [0, 0.05) is 18.0 Å². The Morgan fingerprint density at radius 3 is 2.35 bits per heavy atom. The second kappa shape index (κ2) is 6.60. The largest absolute Gasteiger partial charge is 0.303 e. The Morgan fingerprint density at radius 2 is 1.60 bits per heavy atom. The fourth-order valence-corrected chi connectivity index (χ4v) is 5.07. The minimum absolute atomic E-state index is 0.00413. The van der Waals surface area contributed by atoms with Gasteiger partial charge in [0.2, 0.25) is 0 Å². The first-order valence-corrected chi connectivity index (χ1v) is 9.03. The number of hydrogen-bond acceptors (Lipinski definition) is 2. The van der Waals surface area contributed by atoms with Gasteiger partial charge < -0.3 is 4.79 Å². The zero-order chi connectivity index (χ0) is 13.8. The van der Waals surface area contributed by atoms with Crippen LogP contribution in [-0.2, 0) is 4.79 Å². The molecule has 0 bridgehead atoms. The minimum atomic E-state index is -0.00413. The third kappa shape index (κ3) is 3.10. The summed E-state index contributed by atoms with van der Waals surface area (Å²) in [6, 6.07) is 0.803. The SMILES string of the molecule is O=CC1(CN2CCC[C@H]3CCCC[C@H]32)CCCCCC1. The predicted octanol–water partition coefficient (Wildman–Crippen LogP) is 4.18. The molecule has 1 aliphatic heterocycles. The van der Waals surface area contributed by atoms with Crippen molar-refractivity contribution in [1.29, 1.82) is 0 Å². The second-order valence-corrected chi connectivity index (χ2v) is 7.62. The minimum Gasteiger partial charge on any atom is -0.303 e. The normalized spacial score (nSPS) is 35.0. The molecule has 114 valence electrons. The van der Waals surface area contributed by atoms with E-state index in [0.29, 0.717) is 0 Å². The molecule has 0 radical (unpaired) electrons. The van der Waals surface area contributed by atoms with Crippen molar-refractivity contribution in [2.45, 2.75) is 83.1 Å². The first kappa shape index (κ1) is 14.6. The van der Waals surface area contributed by atoms with E-state index in [1.54, 1.807) is 0 Å². The zero-order valence-corrected chi connectivity index (χ0v) is 13.0. The molecular weight excluding hydrogens is 246 g/mol. The molecule has 0 spiro atoms. The summed E-state index contributed by atoms with van der Waals surface area (Å²) in [5, 5.41) is 0. The van der Waals surface area contributed by atoms with Crippen LogP contribution in [0, 0.1) is 11.3 Å². The van der Waals surface area contributed by atoms with Gasteiger partial charge in [-0.3, -0.25) is 4.90 Å². The lowest BCUT2D eigenvalue weighted by atomic mass is 9.75. The number of aldehydes is 1. The number of carbonyl (C=O) groups is 1. The highest BCUT2D eigenvalue weighted by Gasteiger charge is 2.39. The summed E-state index contributed by atoms with van der Waals surface area (Å²) >= 11 is 0. The van der Waals surface area contributed by atoms with Gasteiger partial charge in [0.15, 0.2) is 0 Å². The summed E-state index contributed by atoms with van der Waals surface area (Å²) < 4.78 is 0. The zero-order valence-electron chi connectivity index (χ0n) is 13.0. The lowest BCUT2D eigenvalue weighted by Crippen LogP contribution is -2.51. The maximum Gasteiger partial charge on any atom is 0.127 e. The summed E-state index contributed by atoms with van der Waals surface area (Å²) in [6.45, 7) is 2.31. The average Bonchev–Trinajstić information content (AvgIpc) is 2.74. The molecule has 2 aliphatic carbocycles. The number of hydrogen-bond donors (Lipinski definition) is 0. The van der Waals surface area contributed by atoms with Gasteiger partial charge >= 0.3 is 0 Å². The molecule has 3 fully saturated rings. The monoisotopic (exact) mass is 277 g/mol. The summed E-state index contributed by atoms with van der Waals surface area (Å²) in [5.74, 6) is 0.937. The Hall–Kier alpha value is -0.370. The van der Waals surface area contributed by atoms with Crippen molar-refractivity contribution in [3.8, 4) is 0 Å². The molecule has 1 saturated heterocycles. The molecule has 0 aromatic rings. The van der Waals surface area contributed by atoms with E-state index in [1.807, 2.05) is 0 Å². The molecule has 0 amide bonds. The standard InChI is InChI=1S/C18H31NO/c20-15-18(11-5-1-2-6-12-18)14-19-13-7-9-16-8-3-4-10-17(16)19/h15-17H,1-14H2/t16-,17-/m1/s1.